The summed E-state index contributed by atoms with van der Waals surface area (Å²) in [6.45, 7) is 11.5. The van der Waals surface area contributed by atoms with E-state index in [4.69, 9.17) is 0 Å². The number of hydrogen-bond acceptors (Lipinski definition) is 3. The molecule has 37 heavy (non-hydrogen) atoms. The highest BCUT2D eigenvalue weighted by Crippen LogP contribution is 2.45. The van der Waals surface area contributed by atoms with Crippen LogP contribution in [0.3, 0.4) is 0 Å². The van der Waals surface area contributed by atoms with Gasteiger partial charge in [0.2, 0.25) is 5.91 Å². The summed E-state index contributed by atoms with van der Waals surface area (Å²) in [6.07, 6.45) is 17.4. The van der Waals surface area contributed by atoms with Crippen LogP contribution >= 0.6 is 0 Å². The summed E-state index contributed by atoms with van der Waals surface area (Å²) >= 11 is 0. The summed E-state index contributed by atoms with van der Waals surface area (Å²) in [5.74, 6) is 3.98. The summed E-state index contributed by atoms with van der Waals surface area (Å²) in [4.78, 5) is 21.2. The third-order valence-corrected chi connectivity index (χ3v) is 11.4. The van der Waals surface area contributed by atoms with Gasteiger partial charge in [-0.25, -0.2) is 0 Å². The Morgan fingerprint density at radius 2 is 1.59 bits per heavy atom. The Bertz CT molecular complexity index is 945. The minimum atomic E-state index is -0.102. The number of rotatable bonds is 5. The van der Waals surface area contributed by atoms with Gasteiger partial charge in [-0.05, 0) is 112 Å². The molecule has 1 unspecified atom stereocenters. The average Bonchev–Trinajstić information content (AvgIpc) is 3.62. The molecule has 1 spiro atoms. The van der Waals surface area contributed by atoms with Gasteiger partial charge in [0, 0.05) is 37.6 Å². The molecule has 3 saturated heterocycles. The van der Waals surface area contributed by atoms with Gasteiger partial charge < -0.3 is 14.7 Å². The van der Waals surface area contributed by atoms with Crippen LogP contribution in [0.15, 0.2) is 18.2 Å². The third kappa shape index (κ3) is 5.21. The van der Waals surface area contributed by atoms with Crippen molar-refractivity contribution in [3.05, 3.63) is 23.8 Å². The fourth-order valence-electron chi connectivity index (χ4n) is 8.97. The zero-order valence-electron chi connectivity index (χ0n) is 23.7. The highest BCUT2D eigenvalue weighted by atomic mass is 16.2. The van der Waals surface area contributed by atoms with Crippen molar-refractivity contribution in [3.8, 4) is 0 Å². The van der Waals surface area contributed by atoms with Gasteiger partial charge in [-0.3, -0.25) is 4.79 Å². The zero-order valence-corrected chi connectivity index (χ0v) is 23.7. The van der Waals surface area contributed by atoms with Gasteiger partial charge in [0.15, 0.2) is 0 Å². The van der Waals surface area contributed by atoms with Crippen molar-refractivity contribution < 1.29 is 4.79 Å². The molecule has 5 aliphatic rings. The fourth-order valence-corrected chi connectivity index (χ4v) is 8.97. The monoisotopic (exact) mass is 505 g/mol. The number of hydrogen-bond donors (Lipinski definition) is 0. The van der Waals surface area contributed by atoms with Crippen LogP contribution in [0.5, 0.6) is 0 Å². The van der Waals surface area contributed by atoms with Crippen LogP contribution in [0, 0.1) is 36.0 Å². The molecule has 0 radical (unpaired) electrons. The minimum absolute atomic E-state index is 0.102. The van der Waals surface area contributed by atoms with Gasteiger partial charge in [0.25, 0.3) is 0 Å². The molecule has 4 nitrogen and oxygen atoms in total. The van der Waals surface area contributed by atoms with Crippen LogP contribution in [0.2, 0.25) is 0 Å². The largest absolute Gasteiger partial charge is 0.371 e. The van der Waals surface area contributed by atoms with Gasteiger partial charge >= 0.3 is 0 Å². The lowest BCUT2D eigenvalue weighted by Gasteiger charge is -2.39. The lowest BCUT2D eigenvalue weighted by molar-refractivity contribution is -0.128. The van der Waals surface area contributed by atoms with E-state index in [0.717, 1.165) is 68.3 Å². The molecule has 1 amide bonds. The van der Waals surface area contributed by atoms with Crippen molar-refractivity contribution in [2.45, 2.75) is 97.3 Å². The Labute approximate surface area is 226 Å². The van der Waals surface area contributed by atoms with Crippen LogP contribution in [0.1, 0.15) is 96.0 Å². The highest BCUT2D eigenvalue weighted by Gasteiger charge is 2.48. The Morgan fingerprint density at radius 3 is 2.38 bits per heavy atom. The van der Waals surface area contributed by atoms with Crippen molar-refractivity contribution in [1.82, 2.24) is 4.90 Å². The third-order valence-electron chi connectivity index (χ3n) is 11.4. The Kier molecular flexibility index (Phi) is 7.58. The number of aryl methyl sites for hydroxylation is 1. The summed E-state index contributed by atoms with van der Waals surface area (Å²) in [5.41, 5.74) is 3.70. The topological polar surface area (TPSA) is 26.8 Å². The quantitative estimate of drug-likeness (QED) is 0.401. The van der Waals surface area contributed by atoms with E-state index in [0.29, 0.717) is 5.91 Å². The molecule has 204 valence electrons. The first-order valence-corrected chi connectivity index (χ1v) is 15.9. The lowest BCUT2D eigenvalue weighted by Crippen LogP contribution is -2.45. The number of carbonyl (C=O) groups is 1. The van der Waals surface area contributed by atoms with Crippen LogP contribution in [-0.2, 0) is 4.79 Å². The molecule has 0 bridgehead atoms. The number of nitrogens with zero attached hydrogens (tertiary/aromatic N) is 3. The summed E-state index contributed by atoms with van der Waals surface area (Å²) in [6, 6.07) is 6.94. The van der Waals surface area contributed by atoms with Gasteiger partial charge in [0.1, 0.15) is 0 Å². The molecule has 0 aromatic heterocycles. The zero-order chi connectivity index (χ0) is 25.4. The molecule has 4 heteroatoms. The van der Waals surface area contributed by atoms with E-state index < -0.39 is 0 Å². The van der Waals surface area contributed by atoms with Gasteiger partial charge in [0.05, 0.1) is 5.41 Å². The van der Waals surface area contributed by atoms with Gasteiger partial charge in [-0.2, -0.15) is 0 Å². The molecule has 0 N–H and O–H groups in total. The fraction of sp³-hybridized carbons (Fsp3) is 0.788. The van der Waals surface area contributed by atoms with Crippen molar-refractivity contribution >= 4 is 17.3 Å². The molecule has 3 heterocycles. The second kappa shape index (κ2) is 10.9. The normalized spacial score (nSPS) is 31.5. The van der Waals surface area contributed by atoms with Crippen LogP contribution in [0.4, 0.5) is 11.4 Å². The van der Waals surface area contributed by atoms with Crippen molar-refractivity contribution in [1.29, 1.82) is 0 Å². The van der Waals surface area contributed by atoms with E-state index in [1.54, 1.807) is 0 Å². The van der Waals surface area contributed by atoms with Crippen molar-refractivity contribution in [3.63, 3.8) is 0 Å². The predicted molar refractivity (Wildman–Crippen MR) is 154 cm³/mol. The van der Waals surface area contributed by atoms with E-state index in [-0.39, 0.29) is 5.41 Å². The molecule has 1 aromatic carbocycles. The van der Waals surface area contributed by atoms with E-state index >= 15 is 0 Å². The SMILES string of the molecule is Cc1cc(N2CC[C@@H](C3CCCCC[C@H]3C)C2)ccc1N1CCC2(CCN(CC3CCCC3)CC2)C1=O. The second-order valence-corrected chi connectivity index (χ2v) is 13.7. The summed E-state index contributed by atoms with van der Waals surface area (Å²) in [7, 11) is 0. The Morgan fingerprint density at radius 1 is 0.865 bits per heavy atom. The van der Waals surface area contributed by atoms with E-state index in [2.05, 4.69) is 46.7 Å². The molecule has 3 aliphatic heterocycles. The average molecular weight is 506 g/mol. The molecule has 2 saturated carbocycles. The minimum Gasteiger partial charge on any atom is -0.371 e. The number of benzene rings is 1. The summed E-state index contributed by atoms with van der Waals surface area (Å²) < 4.78 is 0. The smallest absolute Gasteiger partial charge is 0.233 e. The molecule has 3 atom stereocenters. The number of carbonyl (C=O) groups excluding carboxylic acids is 1. The Hall–Kier alpha value is -1.55. The lowest BCUT2D eigenvalue weighted by atomic mass is 9.77. The van der Waals surface area contributed by atoms with E-state index in [9.17, 15) is 4.79 Å². The van der Waals surface area contributed by atoms with E-state index in [1.807, 2.05) is 0 Å². The molecule has 2 aliphatic carbocycles. The second-order valence-electron chi connectivity index (χ2n) is 13.7. The molecule has 6 rings (SSSR count). The number of likely N-dealkylation sites (tertiary alicyclic amines) is 1. The van der Waals surface area contributed by atoms with Crippen molar-refractivity contribution in [2.24, 2.45) is 29.1 Å². The molecule has 1 aromatic rings. The molecule has 5 fully saturated rings. The number of piperidine rings is 1. The predicted octanol–water partition coefficient (Wildman–Crippen LogP) is 7.05. The first-order chi connectivity index (χ1) is 18.0. The van der Waals surface area contributed by atoms with Gasteiger partial charge in [-0.1, -0.05) is 45.4 Å². The standard InChI is InChI=1S/C33H51N3O/c1-25-8-4-3-5-11-30(25)28-14-18-35(24-28)29-12-13-31(26(2)22-29)36-21-17-33(32(36)37)15-19-34(20-16-33)23-27-9-6-7-10-27/h12-13,22,25,27-28,30H,3-11,14-21,23-24H2,1-2H3/t25-,28-,30?/m1/s1. The maximum absolute atomic E-state index is 13.8. The van der Waals surface area contributed by atoms with Gasteiger partial charge in [-0.15, -0.1) is 0 Å². The number of amides is 1. The Balaban J connectivity index is 1.07. The van der Waals surface area contributed by atoms with Crippen LogP contribution in [-0.4, -0.2) is 50.1 Å². The molecular weight excluding hydrogens is 454 g/mol. The first kappa shape index (κ1) is 25.7. The summed E-state index contributed by atoms with van der Waals surface area (Å²) in [5, 5.41) is 0. The maximum atomic E-state index is 13.8. The van der Waals surface area contributed by atoms with Crippen molar-refractivity contribution in [2.75, 3.05) is 49.1 Å². The maximum Gasteiger partial charge on any atom is 0.233 e. The van der Waals surface area contributed by atoms with Crippen LogP contribution in [0.25, 0.3) is 0 Å². The first-order valence-electron chi connectivity index (χ1n) is 15.9. The van der Waals surface area contributed by atoms with E-state index in [1.165, 1.54) is 95.1 Å². The van der Waals surface area contributed by atoms with Crippen LogP contribution < -0.4 is 9.80 Å². The highest BCUT2D eigenvalue weighted by molar-refractivity contribution is 6.00. The number of anilines is 2. The molecular formula is C33H51N3O.